The molecule has 110 valence electrons. The Hall–Kier alpha value is -1.32. The fraction of sp³-hybridized carbons (Fsp3) is 0.333. The molecule has 0 aliphatic carbocycles. The molecule has 2 nitrogen and oxygen atoms in total. The number of rotatable bonds is 3. The molecule has 0 saturated heterocycles. The largest absolute Gasteiger partial charge is 0.487 e. The highest BCUT2D eigenvalue weighted by atomic mass is 79.9. The van der Waals surface area contributed by atoms with Gasteiger partial charge < -0.3 is 10.5 Å². The number of hydrogen-bond acceptors (Lipinski definition) is 2. The molecule has 1 aliphatic rings. The third-order valence-electron chi connectivity index (χ3n) is 4.30. The lowest BCUT2D eigenvalue weighted by molar-refractivity contribution is 0.0321. The Morgan fingerprint density at radius 2 is 2.00 bits per heavy atom. The zero-order chi connectivity index (χ0) is 14.9. The van der Waals surface area contributed by atoms with Crippen molar-refractivity contribution in [2.75, 3.05) is 0 Å². The van der Waals surface area contributed by atoms with Crippen molar-refractivity contribution in [2.45, 2.75) is 37.8 Å². The molecule has 0 bridgehead atoms. The first-order valence-electron chi connectivity index (χ1n) is 7.40. The molecule has 2 aromatic rings. The number of nitrogens with two attached hydrogens (primary N) is 1. The van der Waals surface area contributed by atoms with Crippen LogP contribution in [0, 0.1) is 0 Å². The van der Waals surface area contributed by atoms with Crippen molar-refractivity contribution in [1.29, 1.82) is 0 Å². The molecule has 1 unspecified atom stereocenters. The highest BCUT2D eigenvalue weighted by Gasteiger charge is 2.38. The molecule has 21 heavy (non-hydrogen) atoms. The molecule has 2 aromatic carbocycles. The van der Waals surface area contributed by atoms with Gasteiger partial charge in [-0.25, -0.2) is 0 Å². The SMILES string of the molecule is CCC1(Cc2ccccc2)C[C@@H](N)c2cc(Br)ccc2O1. The molecule has 3 heteroatoms. The van der Waals surface area contributed by atoms with Gasteiger partial charge in [0.15, 0.2) is 0 Å². The van der Waals surface area contributed by atoms with Crippen molar-refractivity contribution in [3.05, 3.63) is 64.1 Å². The van der Waals surface area contributed by atoms with Crippen LogP contribution >= 0.6 is 15.9 Å². The van der Waals surface area contributed by atoms with Crippen molar-refractivity contribution in [1.82, 2.24) is 0 Å². The second kappa shape index (κ2) is 5.82. The first-order valence-corrected chi connectivity index (χ1v) is 8.19. The van der Waals surface area contributed by atoms with E-state index in [0.29, 0.717) is 0 Å². The Labute approximate surface area is 134 Å². The predicted octanol–water partition coefficient (Wildman–Crippen LogP) is 4.62. The summed E-state index contributed by atoms with van der Waals surface area (Å²) >= 11 is 3.51. The number of ether oxygens (including phenoxy) is 1. The molecule has 0 saturated carbocycles. The molecule has 0 radical (unpaired) electrons. The molecule has 1 heterocycles. The summed E-state index contributed by atoms with van der Waals surface area (Å²) < 4.78 is 7.45. The van der Waals surface area contributed by atoms with Gasteiger partial charge in [-0.1, -0.05) is 53.2 Å². The molecule has 0 aromatic heterocycles. The maximum absolute atomic E-state index is 6.42. The number of halogens is 1. The summed E-state index contributed by atoms with van der Waals surface area (Å²) in [6, 6.07) is 16.6. The summed E-state index contributed by atoms with van der Waals surface area (Å²) in [6.07, 6.45) is 2.69. The van der Waals surface area contributed by atoms with Crippen molar-refractivity contribution in [3.8, 4) is 5.75 Å². The normalized spacial score (nSPS) is 24.2. The highest BCUT2D eigenvalue weighted by molar-refractivity contribution is 9.10. The number of benzene rings is 2. The van der Waals surface area contributed by atoms with Gasteiger partial charge >= 0.3 is 0 Å². The van der Waals surface area contributed by atoms with Crippen LogP contribution in [0.15, 0.2) is 53.0 Å². The molecule has 2 atom stereocenters. The number of fused-ring (bicyclic) bond motifs is 1. The molecule has 3 rings (SSSR count). The summed E-state index contributed by atoms with van der Waals surface area (Å²) in [5.74, 6) is 0.926. The summed E-state index contributed by atoms with van der Waals surface area (Å²) in [4.78, 5) is 0. The summed E-state index contributed by atoms with van der Waals surface area (Å²) in [7, 11) is 0. The maximum Gasteiger partial charge on any atom is 0.125 e. The van der Waals surface area contributed by atoms with Gasteiger partial charge in [-0.15, -0.1) is 0 Å². The van der Waals surface area contributed by atoms with E-state index in [0.717, 1.165) is 35.0 Å². The summed E-state index contributed by atoms with van der Waals surface area (Å²) in [5, 5.41) is 0. The van der Waals surface area contributed by atoms with Crippen LogP contribution in [-0.2, 0) is 6.42 Å². The lowest BCUT2D eigenvalue weighted by Crippen LogP contribution is -2.44. The summed E-state index contributed by atoms with van der Waals surface area (Å²) in [6.45, 7) is 2.18. The van der Waals surface area contributed by atoms with Crippen LogP contribution in [0.5, 0.6) is 5.75 Å². The Balaban J connectivity index is 1.92. The fourth-order valence-corrected chi connectivity index (χ4v) is 3.48. The first kappa shape index (κ1) is 14.6. The third kappa shape index (κ3) is 2.99. The Morgan fingerprint density at radius 1 is 1.24 bits per heavy atom. The van der Waals surface area contributed by atoms with Crippen LogP contribution in [0.1, 0.15) is 36.9 Å². The van der Waals surface area contributed by atoms with E-state index < -0.39 is 0 Å². The molecule has 1 aliphatic heterocycles. The van der Waals surface area contributed by atoms with E-state index in [-0.39, 0.29) is 11.6 Å². The van der Waals surface area contributed by atoms with Crippen LogP contribution in [-0.4, -0.2) is 5.60 Å². The van der Waals surface area contributed by atoms with Gasteiger partial charge in [-0.2, -0.15) is 0 Å². The lowest BCUT2D eigenvalue weighted by Gasteiger charge is -2.41. The first-order chi connectivity index (χ1) is 10.1. The van der Waals surface area contributed by atoms with Crippen molar-refractivity contribution >= 4 is 15.9 Å². The Morgan fingerprint density at radius 3 is 2.71 bits per heavy atom. The lowest BCUT2D eigenvalue weighted by atomic mass is 9.81. The van der Waals surface area contributed by atoms with Gasteiger partial charge in [-0.05, 0) is 30.2 Å². The second-order valence-electron chi connectivity index (χ2n) is 5.79. The molecule has 2 N–H and O–H groups in total. The Kier molecular flexibility index (Phi) is 4.05. The average Bonchev–Trinajstić information content (AvgIpc) is 2.49. The van der Waals surface area contributed by atoms with Crippen LogP contribution in [0.4, 0.5) is 0 Å². The van der Waals surface area contributed by atoms with Crippen LogP contribution in [0.3, 0.4) is 0 Å². The zero-order valence-corrected chi connectivity index (χ0v) is 13.8. The predicted molar refractivity (Wildman–Crippen MR) is 89.5 cm³/mol. The van der Waals surface area contributed by atoms with Crippen molar-refractivity contribution < 1.29 is 4.74 Å². The fourth-order valence-electron chi connectivity index (χ4n) is 3.11. The molecular weight excluding hydrogens is 326 g/mol. The quantitative estimate of drug-likeness (QED) is 0.880. The van der Waals surface area contributed by atoms with Gasteiger partial charge in [0.2, 0.25) is 0 Å². The average molecular weight is 346 g/mol. The van der Waals surface area contributed by atoms with Gasteiger partial charge in [0.1, 0.15) is 11.4 Å². The van der Waals surface area contributed by atoms with Crippen molar-refractivity contribution in [2.24, 2.45) is 5.73 Å². The van der Waals surface area contributed by atoms with Crippen LogP contribution in [0.2, 0.25) is 0 Å². The third-order valence-corrected chi connectivity index (χ3v) is 4.80. The van der Waals surface area contributed by atoms with Crippen LogP contribution in [0.25, 0.3) is 0 Å². The van der Waals surface area contributed by atoms with Gasteiger partial charge in [0.25, 0.3) is 0 Å². The second-order valence-corrected chi connectivity index (χ2v) is 6.71. The minimum absolute atomic E-state index is 0.0231. The highest BCUT2D eigenvalue weighted by Crippen LogP contribution is 2.42. The Bertz CT molecular complexity index is 628. The maximum atomic E-state index is 6.42. The van der Waals surface area contributed by atoms with Crippen LogP contribution < -0.4 is 10.5 Å². The molecule has 0 amide bonds. The smallest absolute Gasteiger partial charge is 0.125 e. The van der Waals surface area contributed by atoms with E-state index >= 15 is 0 Å². The molecule has 0 spiro atoms. The minimum Gasteiger partial charge on any atom is -0.487 e. The van der Waals surface area contributed by atoms with Gasteiger partial charge in [-0.3, -0.25) is 0 Å². The molecule has 0 fully saturated rings. The van der Waals surface area contributed by atoms with E-state index in [1.165, 1.54) is 5.56 Å². The van der Waals surface area contributed by atoms with Gasteiger partial charge in [0, 0.05) is 28.9 Å². The van der Waals surface area contributed by atoms with Crippen molar-refractivity contribution in [3.63, 3.8) is 0 Å². The standard InChI is InChI=1S/C18H20BrNO/c1-2-18(11-13-6-4-3-5-7-13)12-16(20)15-10-14(19)8-9-17(15)21-18/h3-10,16H,2,11-12,20H2,1H3/t16-,18?/m1/s1. The summed E-state index contributed by atoms with van der Waals surface area (Å²) in [5.41, 5.74) is 8.61. The zero-order valence-electron chi connectivity index (χ0n) is 12.2. The topological polar surface area (TPSA) is 35.2 Å². The monoisotopic (exact) mass is 345 g/mol. The van der Waals surface area contributed by atoms with E-state index in [1.807, 2.05) is 18.2 Å². The van der Waals surface area contributed by atoms with E-state index in [4.69, 9.17) is 10.5 Å². The minimum atomic E-state index is -0.207. The number of hydrogen-bond donors (Lipinski definition) is 1. The van der Waals surface area contributed by atoms with E-state index in [2.05, 4.69) is 53.2 Å². The molecular formula is C18H20BrNO. The van der Waals surface area contributed by atoms with Gasteiger partial charge in [0.05, 0.1) is 0 Å². The van der Waals surface area contributed by atoms with E-state index in [9.17, 15) is 0 Å². The van der Waals surface area contributed by atoms with E-state index in [1.54, 1.807) is 0 Å².